The summed E-state index contributed by atoms with van der Waals surface area (Å²) >= 11 is 0. The van der Waals surface area contributed by atoms with Gasteiger partial charge in [-0.25, -0.2) is 0 Å². The Labute approximate surface area is 139 Å². The minimum atomic E-state index is 1.26. The molecule has 0 bridgehead atoms. The maximum Gasteiger partial charge on any atom is 0.239 e. The van der Waals surface area contributed by atoms with Crippen LogP contribution in [0, 0.1) is 27.7 Å². The molecule has 0 spiro atoms. The van der Waals surface area contributed by atoms with Crippen molar-refractivity contribution in [2.24, 2.45) is 14.1 Å². The molecule has 3 rings (SSSR count). The van der Waals surface area contributed by atoms with E-state index < -0.39 is 0 Å². The summed E-state index contributed by atoms with van der Waals surface area (Å²) in [5.41, 5.74) is 10.5. The maximum absolute atomic E-state index is 2.32. The zero-order valence-corrected chi connectivity index (χ0v) is 14.9. The average molecular weight is 305 g/mol. The van der Waals surface area contributed by atoms with Crippen LogP contribution in [-0.2, 0) is 14.1 Å². The van der Waals surface area contributed by atoms with E-state index in [1.165, 1.54) is 44.8 Å². The molecule has 2 nitrogen and oxygen atoms in total. The Morgan fingerprint density at radius 1 is 0.739 bits per heavy atom. The lowest BCUT2D eigenvalue weighted by molar-refractivity contribution is -0.740. The number of hydrogen-bond donors (Lipinski definition) is 0. The third-order valence-corrected chi connectivity index (χ3v) is 4.90. The fraction of sp³-hybridized carbons (Fsp3) is 0.286. The summed E-state index contributed by atoms with van der Waals surface area (Å²) in [6, 6.07) is 15.3. The molecular weight excluding hydrogens is 280 g/mol. The molecular formula is C21H25N2+. The minimum Gasteiger partial charge on any atom is -0.156 e. The van der Waals surface area contributed by atoms with Gasteiger partial charge in [0.05, 0.1) is 12.6 Å². The minimum absolute atomic E-state index is 1.26. The van der Waals surface area contributed by atoms with Gasteiger partial charge < -0.3 is 0 Å². The van der Waals surface area contributed by atoms with Gasteiger partial charge in [0.15, 0.2) is 7.05 Å². The van der Waals surface area contributed by atoms with Gasteiger partial charge in [0.1, 0.15) is 5.69 Å². The van der Waals surface area contributed by atoms with Crippen LogP contribution < -0.4 is 4.68 Å². The van der Waals surface area contributed by atoms with Gasteiger partial charge in [0.2, 0.25) is 5.69 Å². The van der Waals surface area contributed by atoms with Gasteiger partial charge in [-0.1, -0.05) is 36.4 Å². The van der Waals surface area contributed by atoms with Crippen LogP contribution in [-0.4, -0.2) is 4.68 Å². The van der Waals surface area contributed by atoms with Crippen LogP contribution in [0.25, 0.3) is 22.5 Å². The molecule has 0 saturated heterocycles. The van der Waals surface area contributed by atoms with Gasteiger partial charge in [-0.3, -0.25) is 0 Å². The lowest BCUT2D eigenvalue weighted by atomic mass is 9.97. The van der Waals surface area contributed by atoms with Crippen LogP contribution in [0.5, 0.6) is 0 Å². The standard InChI is InChI=1S/C21H25N2/c1-14-9-7-10-15(2)20(14)18-13-19(23(6)22(18)5)21-16(3)11-8-12-17(21)4/h7-13H,1-6H3/q+1. The van der Waals surface area contributed by atoms with E-state index in [4.69, 9.17) is 0 Å². The fourth-order valence-electron chi connectivity index (χ4n) is 3.54. The number of hydrogen-bond acceptors (Lipinski definition) is 0. The van der Waals surface area contributed by atoms with Crippen molar-refractivity contribution in [2.45, 2.75) is 27.7 Å². The van der Waals surface area contributed by atoms with E-state index in [9.17, 15) is 0 Å². The molecule has 0 unspecified atom stereocenters. The van der Waals surface area contributed by atoms with Crippen LogP contribution in [0.3, 0.4) is 0 Å². The first-order chi connectivity index (χ1) is 10.9. The number of benzene rings is 2. The largest absolute Gasteiger partial charge is 0.239 e. The summed E-state index contributed by atoms with van der Waals surface area (Å²) in [7, 11) is 4.27. The number of rotatable bonds is 2. The highest BCUT2D eigenvalue weighted by atomic mass is 15.4. The quantitative estimate of drug-likeness (QED) is 0.620. The summed E-state index contributed by atoms with van der Waals surface area (Å²) in [5.74, 6) is 0. The molecule has 0 fully saturated rings. The van der Waals surface area contributed by atoms with Crippen molar-refractivity contribution in [2.75, 3.05) is 0 Å². The van der Waals surface area contributed by atoms with Gasteiger partial charge in [-0.05, 0) is 49.9 Å². The average Bonchev–Trinajstić information content (AvgIpc) is 2.76. The van der Waals surface area contributed by atoms with Crippen molar-refractivity contribution >= 4 is 0 Å². The summed E-state index contributed by atoms with van der Waals surface area (Å²) in [5, 5.41) is 0. The van der Waals surface area contributed by atoms with Crippen molar-refractivity contribution in [1.82, 2.24) is 4.68 Å². The SMILES string of the molecule is Cc1cccc(C)c1-c1cc(-c2c(C)cccc2C)[n+](C)n1C. The van der Waals surface area contributed by atoms with Crippen molar-refractivity contribution in [3.05, 3.63) is 64.7 Å². The molecule has 0 aliphatic rings. The first kappa shape index (κ1) is 15.5. The van der Waals surface area contributed by atoms with Crippen molar-refractivity contribution in [3.8, 4) is 22.5 Å². The van der Waals surface area contributed by atoms with E-state index >= 15 is 0 Å². The van der Waals surface area contributed by atoms with Crippen molar-refractivity contribution in [1.29, 1.82) is 0 Å². The maximum atomic E-state index is 2.32. The molecule has 23 heavy (non-hydrogen) atoms. The Balaban J connectivity index is 2.29. The van der Waals surface area contributed by atoms with Crippen LogP contribution in [0.15, 0.2) is 42.5 Å². The highest BCUT2D eigenvalue weighted by Crippen LogP contribution is 2.31. The third-order valence-electron chi connectivity index (χ3n) is 4.90. The molecule has 1 heterocycles. The molecule has 0 amide bonds. The third kappa shape index (κ3) is 2.48. The second-order valence-electron chi connectivity index (χ2n) is 6.50. The monoisotopic (exact) mass is 305 g/mol. The topological polar surface area (TPSA) is 8.81 Å². The highest BCUT2D eigenvalue weighted by molar-refractivity contribution is 5.73. The van der Waals surface area contributed by atoms with E-state index in [0.29, 0.717) is 0 Å². The molecule has 0 aliphatic heterocycles. The summed E-state index contributed by atoms with van der Waals surface area (Å²) in [6.07, 6.45) is 0. The molecule has 0 saturated carbocycles. The van der Waals surface area contributed by atoms with Crippen molar-refractivity contribution in [3.63, 3.8) is 0 Å². The molecule has 3 aromatic rings. The lowest BCUT2D eigenvalue weighted by Gasteiger charge is -2.08. The Bertz CT molecular complexity index is 773. The second-order valence-corrected chi connectivity index (χ2v) is 6.50. The molecule has 1 aromatic heterocycles. The highest BCUT2D eigenvalue weighted by Gasteiger charge is 2.23. The molecule has 0 N–H and O–H groups in total. The van der Waals surface area contributed by atoms with Crippen LogP contribution in [0.4, 0.5) is 0 Å². The smallest absolute Gasteiger partial charge is 0.156 e. The predicted octanol–water partition coefficient (Wildman–Crippen LogP) is 4.42. The van der Waals surface area contributed by atoms with Gasteiger partial charge in [-0.15, -0.1) is 4.68 Å². The normalized spacial score (nSPS) is 11.0. The summed E-state index contributed by atoms with van der Waals surface area (Å²) in [6.45, 7) is 8.75. The van der Waals surface area contributed by atoms with E-state index in [1.807, 2.05) is 0 Å². The molecule has 0 aliphatic carbocycles. The second kappa shape index (κ2) is 5.69. The molecule has 118 valence electrons. The first-order valence-corrected chi connectivity index (χ1v) is 8.11. The molecule has 0 radical (unpaired) electrons. The molecule has 2 heteroatoms. The number of aryl methyl sites for hydroxylation is 4. The van der Waals surface area contributed by atoms with E-state index in [0.717, 1.165) is 0 Å². The predicted molar refractivity (Wildman–Crippen MR) is 96.4 cm³/mol. The summed E-state index contributed by atoms with van der Waals surface area (Å²) < 4.78 is 4.49. The van der Waals surface area contributed by atoms with Gasteiger partial charge >= 0.3 is 0 Å². The lowest BCUT2D eigenvalue weighted by Crippen LogP contribution is -2.39. The molecule has 0 atom stereocenters. The zero-order chi connectivity index (χ0) is 16.7. The van der Waals surface area contributed by atoms with Gasteiger partial charge in [-0.2, -0.15) is 4.68 Å². The Hall–Kier alpha value is -2.35. The molecule has 2 aromatic carbocycles. The number of aromatic nitrogens is 2. The summed E-state index contributed by atoms with van der Waals surface area (Å²) in [4.78, 5) is 0. The Kier molecular flexibility index (Phi) is 3.85. The Morgan fingerprint density at radius 3 is 1.65 bits per heavy atom. The van der Waals surface area contributed by atoms with Gasteiger partial charge in [0, 0.05) is 11.6 Å². The van der Waals surface area contributed by atoms with E-state index in [-0.39, 0.29) is 0 Å². The fourth-order valence-corrected chi connectivity index (χ4v) is 3.54. The van der Waals surface area contributed by atoms with Crippen LogP contribution in [0.2, 0.25) is 0 Å². The first-order valence-electron chi connectivity index (χ1n) is 8.11. The van der Waals surface area contributed by atoms with Gasteiger partial charge in [0.25, 0.3) is 0 Å². The Morgan fingerprint density at radius 2 is 1.17 bits per heavy atom. The van der Waals surface area contributed by atoms with Crippen LogP contribution >= 0.6 is 0 Å². The number of nitrogens with zero attached hydrogens (tertiary/aromatic N) is 2. The van der Waals surface area contributed by atoms with E-state index in [1.54, 1.807) is 0 Å². The van der Waals surface area contributed by atoms with E-state index in [2.05, 4.69) is 93.6 Å². The van der Waals surface area contributed by atoms with Crippen molar-refractivity contribution < 1.29 is 4.68 Å². The van der Waals surface area contributed by atoms with Crippen LogP contribution in [0.1, 0.15) is 22.3 Å². The zero-order valence-electron chi connectivity index (χ0n) is 14.9.